The Balaban J connectivity index is 2.13. The third-order valence-electron chi connectivity index (χ3n) is 5.44. The van der Waals surface area contributed by atoms with Gasteiger partial charge in [-0.1, -0.05) is 12.1 Å². The minimum Gasteiger partial charge on any atom is -0.492 e. The van der Waals surface area contributed by atoms with E-state index >= 15 is 0 Å². The maximum absolute atomic E-state index is 13.3. The summed E-state index contributed by atoms with van der Waals surface area (Å²) >= 11 is 0. The number of fused-ring (bicyclic) bond motifs is 3. The van der Waals surface area contributed by atoms with Crippen LogP contribution in [0.2, 0.25) is 0 Å². The molecule has 0 N–H and O–H groups in total. The number of ether oxygens (including phenoxy) is 2. The van der Waals surface area contributed by atoms with E-state index in [1.165, 1.54) is 18.7 Å². The SMILES string of the molecule is CCOc1ccccc1-n1c(C)c(C)n2c3c(=O)n(CC(=O)OC)c(=O)n(C)c3nc12. The molecule has 0 aliphatic heterocycles. The maximum Gasteiger partial charge on any atom is 0.333 e. The highest BCUT2D eigenvalue weighted by Gasteiger charge is 2.24. The largest absolute Gasteiger partial charge is 0.492 e. The third kappa shape index (κ3) is 2.94. The molecular formula is C21H23N5O5. The second-order valence-electron chi connectivity index (χ2n) is 7.14. The lowest BCUT2D eigenvalue weighted by atomic mass is 10.2. The van der Waals surface area contributed by atoms with Gasteiger partial charge in [0, 0.05) is 18.4 Å². The van der Waals surface area contributed by atoms with Crippen molar-refractivity contribution in [3.8, 4) is 11.4 Å². The van der Waals surface area contributed by atoms with Crippen LogP contribution in [0.3, 0.4) is 0 Å². The Morgan fingerprint density at radius 3 is 2.52 bits per heavy atom. The van der Waals surface area contributed by atoms with Gasteiger partial charge in [0.15, 0.2) is 11.2 Å². The smallest absolute Gasteiger partial charge is 0.333 e. The summed E-state index contributed by atoms with van der Waals surface area (Å²) < 4.78 is 16.2. The number of aromatic nitrogens is 5. The Kier molecular flexibility index (Phi) is 4.92. The Hall–Kier alpha value is -3.82. The first-order valence-electron chi connectivity index (χ1n) is 9.80. The number of esters is 1. The average Bonchev–Trinajstić information content (AvgIpc) is 3.26. The summed E-state index contributed by atoms with van der Waals surface area (Å²) in [7, 11) is 2.72. The van der Waals surface area contributed by atoms with Gasteiger partial charge in [-0.05, 0) is 32.9 Å². The van der Waals surface area contributed by atoms with Gasteiger partial charge in [-0.3, -0.25) is 23.1 Å². The van der Waals surface area contributed by atoms with E-state index in [0.29, 0.717) is 18.1 Å². The number of para-hydroxylation sites is 2. The number of nitrogens with zero attached hydrogens (tertiary/aromatic N) is 5. The molecule has 31 heavy (non-hydrogen) atoms. The van der Waals surface area contributed by atoms with Gasteiger partial charge in [0.25, 0.3) is 5.56 Å². The number of aryl methyl sites for hydroxylation is 2. The molecule has 0 fully saturated rings. The molecule has 0 aliphatic carbocycles. The fraction of sp³-hybridized carbons (Fsp3) is 0.333. The predicted molar refractivity (Wildman–Crippen MR) is 114 cm³/mol. The van der Waals surface area contributed by atoms with Crippen LogP contribution in [0, 0.1) is 13.8 Å². The number of rotatable bonds is 5. The molecule has 4 aromatic rings. The van der Waals surface area contributed by atoms with Crippen molar-refractivity contribution in [3.05, 3.63) is 56.5 Å². The molecule has 0 unspecified atom stereocenters. The minimum absolute atomic E-state index is 0.217. The van der Waals surface area contributed by atoms with Crippen LogP contribution in [0.1, 0.15) is 18.3 Å². The molecule has 0 saturated carbocycles. The first kappa shape index (κ1) is 20.5. The van der Waals surface area contributed by atoms with E-state index in [4.69, 9.17) is 4.74 Å². The van der Waals surface area contributed by atoms with Crippen molar-refractivity contribution in [2.75, 3.05) is 13.7 Å². The maximum atomic E-state index is 13.3. The lowest BCUT2D eigenvalue weighted by Crippen LogP contribution is -2.41. The van der Waals surface area contributed by atoms with Crippen LogP contribution in [0.15, 0.2) is 33.9 Å². The molecule has 0 saturated heterocycles. The minimum atomic E-state index is -0.685. The Labute approximate surface area is 176 Å². The Morgan fingerprint density at radius 2 is 1.84 bits per heavy atom. The van der Waals surface area contributed by atoms with Gasteiger partial charge in [-0.2, -0.15) is 4.98 Å². The standard InChI is InChI=1S/C21H23N5O5/c1-6-31-15-10-8-7-9-14(15)25-12(2)13(3)26-17-18(22-20(25)26)23(4)21(29)24(19(17)28)11-16(27)30-5/h7-10H,6,11H2,1-5H3. The van der Waals surface area contributed by atoms with Crippen molar-refractivity contribution in [2.24, 2.45) is 7.05 Å². The van der Waals surface area contributed by atoms with Crippen LogP contribution in [0.4, 0.5) is 0 Å². The van der Waals surface area contributed by atoms with Crippen LogP contribution in [-0.2, 0) is 23.1 Å². The van der Waals surface area contributed by atoms with E-state index in [1.54, 1.807) is 4.40 Å². The Bertz CT molecular complexity index is 1450. The molecule has 0 aliphatic rings. The van der Waals surface area contributed by atoms with Crippen LogP contribution >= 0.6 is 0 Å². The summed E-state index contributed by atoms with van der Waals surface area (Å²) in [6, 6.07) is 7.55. The van der Waals surface area contributed by atoms with Gasteiger partial charge in [-0.25, -0.2) is 9.36 Å². The number of imidazole rings is 2. The molecule has 0 amide bonds. The van der Waals surface area contributed by atoms with Crippen LogP contribution in [-0.4, -0.2) is 42.8 Å². The van der Waals surface area contributed by atoms with E-state index in [0.717, 1.165) is 21.6 Å². The topological polar surface area (TPSA) is 102 Å². The summed E-state index contributed by atoms with van der Waals surface area (Å²) in [6.45, 7) is 5.72. The lowest BCUT2D eigenvalue weighted by Gasteiger charge is -2.12. The van der Waals surface area contributed by atoms with E-state index in [-0.39, 0.29) is 11.2 Å². The highest BCUT2D eigenvalue weighted by Crippen LogP contribution is 2.29. The second-order valence-corrected chi connectivity index (χ2v) is 7.14. The van der Waals surface area contributed by atoms with Gasteiger partial charge in [0.1, 0.15) is 12.3 Å². The van der Waals surface area contributed by atoms with Crippen LogP contribution in [0.5, 0.6) is 5.75 Å². The molecule has 3 aromatic heterocycles. The van der Waals surface area contributed by atoms with E-state index in [9.17, 15) is 14.4 Å². The van der Waals surface area contributed by atoms with Gasteiger partial charge in [-0.15, -0.1) is 0 Å². The molecule has 10 heteroatoms. The van der Waals surface area contributed by atoms with Gasteiger partial charge >= 0.3 is 11.7 Å². The molecule has 0 atom stereocenters. The zero-order chi connectivity index (χ0) is 22.4. The molecular weight excluding hydrogens is 402 g/mol. The highest BCUT2D eigenvalue weighted by molar-refractivity contribution is 5.78. The highest BCUT2D eigenvalue weighted by atomic mass is 16.5. The first-order valence-corrected chi connectivity index (χ1v) is 9.80. The summed E-state index contributed by atoms with van der Waals surface area (Å²) in [6.07, 6.45) is 0. The van der Waals surface area contributed by atoms with Gasteiger partial charge in [0.05, 0.1) is 19.4 Å². The molecule has 4 rings (SSSR count). The number of methoxy groups -OCH3 is 1. The van der Waals surface area contributed by atoms with E-state index < -0.39 is 23.8 Å². The van der Waals surface area contributed by atoms with Crippen molar-refractivity contribution in [1.82, 2.24) is 23.1 Å². The molecule has 1 aromatic carbocycles. The van der Waals surface area contributed by atoms with Gasteiger partial charge < -0.3 is 9.47 Å². The number of hydrogen-bond donors (Lipinski definition) is 0. The number of carbonyl (C=O) groups is 1. The predicted octanol–water partition coefficient (Wildman–Crippen LogP) is 1.33. The fourth-order valence-electron chi connectivity index (χ4n) is 3.79. The molecule has 162 valence electrons. The molecule has 0 bridgehead atoms. The zero-order valence-electron chi connectivity index (χ0n) is 18.0. The molecule has 0 radical (unpaired) electrons. The van der Waals surface area contributed by atoms with Crippen molar-refractivity contribution >= 4 is 22.9 Å². The third-order valence-corrected chi connectivity index (χ3v) is 5.44. The summed E-state index contributed by atoms with van der Waals surface area (Å²) in [4.78, 5) is 42.4. The van der Waals surface area contributed by atoms with Crippen molar-refractivity contribution in [2.45, 2.75) is 27.3 Å². The summed E-state index contributed by atoms with van der Waals surface area (Å²) in [5, 5.41) is 0. The zero-order valence-corrected chi connectivity index (χ0v) is 18.0. The summed E-state index contributed by atoms with van der Waals surface area (Å²) in [5.74, 6) is 0.463. The van der Waals surface area contributed by atoms with Gasteiger partial charge in [0.2, 0.25) is 5.78 Å². The summed E-state index contributed by atoms with van der Waals surface area (Å²) in [5.41, 5.74) is 1.63. The monoisotopic (exact) mass is 425 g/mol. The molecule has 0 spiro atoms. The van der Waals surface area contributed by atoms with E-state index in [1.807, 2.05) is 49.6 Å². The fourth-order valence-corrected chi connectivity index (χ4v) is 3.79. The second kappa shape index (κ2) is 7.46. The molecule has 10 nitrogen and oxygen atoms in total. The van der Waals surface area contributed by atoms with Crippen molar-refractivity contribution in [3.63, 3.8) is 0 Å². The van der Waals surface area contributed by atoms with E-state index in [2.05, 4.69) is 9.72 Å². The first-order chi connectivity index (χ1) is 14.8. The average molecular weight is 425 g/mol. The van der Waals surface area contributed by atoms with Crippen LogP contribution in [0.25, 0.3) is 22.6 Å². The lowest BCUT2D eigenvalue weighted by molar-refractivity contribution is -0.141. The number of hydrogen-bond acceptors (Lipinski definition) is 6. The number of benzene rings is 1. The quantitative estimate of drug-likeness (QED) is 0.447. The van der Waals surface area contributed by atoms with Crippen molar-refractivity contribution < 1.29 is 14.3 Å². The van der Waals surface area contributed by atoms with Crippen LogP contribution < -0.4 is 16.0 Å². The molecule has 3 heterocycles. The van der Waals surface area contributed by atoms with Crippen molar-refractivity contribution in [1.29, 1.82) is 0 Å². The Morgan fingerprint density at radius 1 is 1.13 bits per heavy atom. The normalized spacial score (nSPS) is 11.4. The number of carbonyl (C=O) groups excluding carboxylic acids is 1.